The van der Waals surface area contributed by atoms with Crippen molar-refractivity contribution in [2.75, 3.05) is 33.2 Å². The Morgan fingerprint density at radius 1 is 1.58 bits per heavy atom. The number of likely N-dealkylation sites (N-methyl/N-ethyl adjacent to an activating group) is 1. The first-order valence-corrected chi connectivity index (χ1v) is 7.17. The molecule has 1 aromatic heterocycles. The van der Waals surface area contributed by atoms with Crippen molar-refractivity contribution in [1.29, 1.82) is 0 Å². The van der Waals surface area contributed by atoms with E-state index in [9.17, 15) is 5.11 Å². The van der Waals surface area contributed by atoms with Crippen molar-refractivity contribution in [2.45, 2.75) is 31.3 Å². The summed E-state index contributed by atoms with van der Waals surface area (Å²) in [5.74, 6) is 1.13. The minimum absolute atomic E-state index is 0.545. The summed E-state index contributed by atoms with van der Waals surface area (Å²) in [4.78, 5) is 6.56. The third-order valence-electron chi connectivity index (χ3n) is 3.88. The molecule has 0 aliphatic carbocycles. The number of hydrogen-bond donors (Lipinski definition) is 2. The number of piperidine rings is 1. The third kappa shape index (κ3) is 4.30. The maximum absolute atomic E-state index is 10.4. The van der Waals surface area contributed by atoms with E-state index in [2.05, 4.69) is 26.8 Å². The zero-order valence-corrected chi connectivity index (χ0v) is 12.1. The maximum Gasteiger partial charge on any atom is 0.108 e. The van der Waals surface area contributed by atoms with Crippen molar-refractivity contribution < 1.29 is 5.11 Å². The van der Waals surface area contributed by atoms with Crippen LogP contribution in [0.2, 0.25) is 0 Å². The highest BCUT2D eigenvalue weighted by Crippen LogP contribution is 2.17. The van der Waals surface area contributed by atoms with Gasteiger partial charge in [0.05, 0.1) is 5.60 Å². The summed E-state index contributed by atoms with van der Waals surface area (Å²) in [5, 5.41) is 13.7. The summed E-state index contributed by atoms with van der Waals surface area (Å²) in [7, 11) is 4.12. The second-order valence-electron chi connectivity index (χ2n) is 5.80. The van der Waals surface area contributed by atoms with Gasteiger partial charge in [-0.05, 0) is 39.4 Å². The first kappa shape index (κ1) is 14.5. The molecular formula is C14H26N4O. The molecule has 2 heterocycles. The fourth-order valence-electron chi connectivity index (χ4n) is 2.81. The summed E-state index contributed by atoms with van der Waals surface area (Å²) in [5.41, 5.74) is -0.545. The van der Waals surface area contributed by atoms with E-state index >= 15 is 0 Å². The van der Waals surface area contributed by atoms with Gasteiger partial charge in [0, 0.05) is 39.0 Å². The molecule has 0 spiro atoms. The number of aromatic nitrogens is 2. The largest absolute Gasteiger partial charge is 0.387 e. The van der Waals surface area contributed by atoms with Crippen LogP contribution in [0.4, 0.5) is 0 Å². The molecule has 0 bridgehead atoms. The summed E-state index contributed by atoms with van der Waals surface area (Å²) >= 11 is 0. The molecular weight excluding hydrogens is 240 g/mol. The summed E-state index contributed by atoms with van der Waals surface area (Å²) in [6.07, 6.45) is 7.86. The molecule has 5 nitrogen and oxygen atoms in total. The molecule has 1 aliphatic heterocycles. The van der Waals surface area contributed by atoms with E-state index in [0.717, 1.165) is 57.7 Å². The van der Waals surface area contributed by atoms with E-state index in [0.29, 0.717) is 0 Å². The molecule has 0 saturated carbocycles. The Morgan fingerprint density at radius 2 is 2.42 bits per heavy atom. The predicted molar refractivity (Wildman–Crippen MR) is 76.1 cm³/mol. The molecule has 1 saturated heterocycles. The SMILES string of the molecule is CN(CCCc1nccn1C)CC1(O)CCCNC1. The van der Waals surface area contributed by atoms with Gasteiger partial charge in [-0.1, -0.05) is 0 Å². The fraction of sp³-hybridized carbons (Fsp3) is 0.786. The highest BCUT2D eigenvalue weighted by Gasteiger charge is 2.30. The smallest absolute Gasteiger partial charge is 0.108 e. The quantitative estimate of drug-likeness (QED) is 0.782. The minimum atomic E-state index is -0.545. The van der Waals surface area contributed by atoms with Gasteiger partial charge in [-0.2, -0.15) is 0 Å². The maximum atomic E-state index is 10.4. The van der Waals surface area contributed by atoms with Crippen molar-refractivity contribution in [3.05, 3.63) is 18.2 Å². The van der Waals surface area contributed by atoms with Crippen LogP contribution in [-0.4, -0.2) is 58.4 Å². The number of β-amino-alcohol motifs (C(OH)–C–C–N with tert-alkyl or cyclic N) is 1. The second-order valence-corrected chi connectivity index (χ2v) is 5.80. The van der Waals surface area contributed by atoms with Gasteiger partial charge in [-0.15, -0.1) is 0 Å². The Balaban J connectivity index is 1.69. The molecule has 0 aromatic carbocycles. The molecule has 1 aliphatic rings. The zero-order valence-electron chi connectivity index (χ0n) is 12.1. The second kappa shape index (κ2) is 6.50. The van der Waals surface area contributed by atoms with E-state index in [4.69, 9.17) is 0 Å². The van der Waals surface area contributed by atoms with Crippen LogP contribution in [-0.2, 0) is 13.5 Å². The predicted octanol–water partition coefficient (Wildman–Crippen LogP) is 0.399. The van der Waals surface area contributed by atoms with Crippen molar-refractivity contribution in [3.63, 3.8) is 0 Å². The van der Waals surface area contributed by atoms with Crippen LogP contribution >= 0.6 is 0 Å². The number of nitrogens with one attached hydrogen (secondary N) is 1. The van der Waals surface area contributed by atoms with E-state index in [1.807, 2.05) is 19.4 Å². The average molecular weight is 266 g/mol. The Bertz CT molecular complexity index is 385. The van der Waals surface area contributed by atoms with Crippen LogP contribution in [0.1, 0.15) is 25.1 Å². The summed E-state index contributed by atoms with van der Waals surface area (Å²) in [6, 6.07) is 0. The number of hydrogen-bond acceptors (Lipinski definition) is 4. The first-order valence-electron chi connectivity index (χ1n) is 7.17. The highest BCUT2D eigenvalue weighted by atomic mass is 16.3. The van der Waals surface area contributed by atoms with Crippen LogP contribution in [0, 0.1) is 0 Å². The lowest BCUT2D eigenvalue weighted by Gasteiger charge is -2.36. The Hall–Kier alpha value is -0.910. The molecule has 2 rings (SSSR count). The molecule has 1 aromatic rings. The number of nitrogens with zero attached hydrogens (tertiary/aromatic N) is 3. The first-order chi connectivity index (χ1) is 9.09. The average Bonchev–Trinajstić information content (AvgIpc) is 2.75. The van der Waals surface area contributed by atoms with Gasteiger partial charge in [0.15, 0.2) is 0 Å². The fourth-order valence-corrected chi connectivity index (χ4v) is 2.81. The van der Waals surface area contributed by atoms with Crippen molar-refractivity contribution in [1.82, 2.24) is 19.8 Å². The highest BCUT2D eigenvalue weighted by molar-refractivity contribution is 4.91. The lowest BCUT2D eigenvalue weighted by Crippen LogP contribution is -2.52. The van der Waals surface area contributed by atoms with E-state index in [1.165, 1.54) is 0 Å². The van der Waals surface area contributed by atoms with Gasteiger partial charge < -0.3 is 19.9 Å². The number of aryl methyl sites for hydroxylation is 2. The molecule has 5 heteroatoms. The number of imidazole rings is 1. The van der Waals surface area contributed by atoms with Crippen LogP contribution in [0.25, 0.3) is 0 Å². The van der Waals surface area contributed by atoms with Crippen molar-refractivity contribution in [3.8, 4) is 0 Å². The molecule has 108 valence electrons. The van der Waals surface area contributed by atoms with Gasteiger partial charge in [0.2, 0.25) is 0 Å². The Kier molecular flexibility index (Phi) is 4.96. The molecule has 0 radical (unpaired) electrons. The van der Waals surface area contributed by atoms with Gasteiger partial charge in [-0.3, -0.25) is 0 Å². The lowest BCUT2D eigenvalue weighted by molar-refractivity contribution is -0.00974. The lowest BCUT2D eigenvalue weighted by atomic mass is 9.93. The zero-order chi connectivity index (χ0) is 13.7. The molecule has 2 N–H and O–H groups in total. The summed E-state index contributed by atoms with van der Waals surface area (Å²) < 4.78 is 2.07. The van der Waals surface area contributed by atoms with E-state index in [1.54, 1.807) is 0 Å². The molecule has 1 atom stereocenters. The van der Waals surface area contributed by atoms with Crippen LogP contribution < -0.4 is 5.32 Å². The third-order valence-corrected chi connectivity index (χ3v) is 3.88. The standard InChI is InChI=1S/C14H26N4O/c1-17(12-14(19)6-4-7-15-11-14)9-3-5-13-16-8-10-18(13)2/h8,10,15,19H,3-7,9,11-12H2,1-2H3. The topological polar surface area (TPSA) is 53.3 Å². The van der Waals surface area contributed by atoms with E-state index in [-0.39, 0.29) is 0 Å². The van der Waals surface area contributed by atoms with Gasteiger partial charge >= 0.3 is 0 Å². The molecule has 1 unspecified atom stereocenters. The number of aliphatic hydroxyl groups is 1. The van der Waals surface area contributed by atoms with E-state index < -0.39 is 5.60 Å². The minimum Gasteiger partial charge on any atom is -0.387 e. The number of rotatable bonds is 6. The van der Waals surface area contributed by atoms with Crippen molar-refractivity contribution >= 4 is 0 Å². The Morgan fingerprint density at radius 3 is 3.05 bits per heavy atom. The monoisotopic (exact) mass is 266 g/mol. The van der Waals surface area contributed by atoms with Crippen molar-refractivity contribution in [2.24, 2.45) is 7.05 Å². The van der Waals surface area contributed by atoms with Gasteiger partial charge in [-0.25, -0.2) is 4.98 Å². The normalized spacial score (nSPS) is 24.0. The Labute approximate surface area is 115 Å². The van der Waals surface area contributed by atoms with Crippen LogP contribution in [0.15, 0.2) is 12.4 Å². The summed E-state index contributed by atoms with van der Waals surface area (Å²) in [6.45, 7) is 3.50. The van der Waals surface area contributed by atoms with Crippen LogP contribution in [0.3, 0.4) is 0 Å². The molecule has 1 fully saturated rings. The molecule has 0 amide bonds. The van der Waals surface area contributed by atoms with Gasteiger partial charge in [0.25, 0.3) is 0 Å². The van der Waals surface area contributed by atoms with Crippen LogP contribution in [0.5, 0.6) is 0 Å². The molecule has 19 heavy (non-hydrogen) atoms. The van der Waals surface area contributed by atoms with Gasteiger partial charge in [0.1, 0.15) is 5.82 Å².